The molecule has 0 amide bonds. The van der Waals surface area contributed by atoms with Crippen LogP contribution in [0.2, 0.25) is 0 Å². The minimum Gasteiger partial charge on any atom is -0.497 e. The first kappa shape index (κ1) is 9.39. The number of carboxylic acids is 1. The summed E-state index contributed by atoms with van der Waals surface area (Å²) in [6.45, 7) is 0. The summed E-state index contributed by atoms with van der Waals surface area (Å²) in [5, 5.41) is 9.39. The molecular weight excluding hydrogens is 196 g/mol. The zero-order valence-corrected chi connectivity index (χ0v) is 7.97. The summed E-state index contributed by atoms with van der Waals surface area (Å²) in [6.07, 6.45) is 1.23. The third kappa shape index (κ3) is 1.59. The fraction of sp³-hybridized carbons (Fsp3) is 0.100. The molecule has 1 aromatic carbocycles. The molecule has 76 valence electrons. The van der Waals surface area contributed by atoms with Crippen molar-refractivity contribution in [3.8, 4) is 5.75 Å². The molecule has 0 bridgehead atoms. The van der Waals surface area contributed by atoms with Crippen LogP contribution in [0.25, 0.3) is 10.9 Å². The predicted molar refractivity (Wildman–Crippen MR) is 53.0 cm³/mol. The van der Waals surface area contributed by atoms with E-state index in [1.165, 1.54) is 13.4 Å². The van der Waals surface area contributed by atoms with Gasteiger partial charge in [0.2, 0.25) is 0 Å². The Morgan fingerprint density at radius 1 is 1.40 bits per heavy atom. The van der Waals surface area contributed by atoms with Crippen LogP contribution in [0.1, 0.15) is 10.5 Å². The molecule has 5 heteroatoms. The van der Waals surface area contributed by atoms with Gasteiger partial charge in [-0.1, -0.05) is 0 Å². The van der Waals surface area contributed by atoms with E-state index in [4.69, 9.17) is 9.84 Å². The lowest BCUT2D eigenvalue weighted by molar-refractivity contribution is 0.0692. The van der Waals surface area contributed by atoms with E-state index in [2.05, 4.69) is 9.97 Å². The number of rotatable bonds is 2. The molecule has 0 aliphatic carbocycles. The summed E-state index contributed by atoms with van der Waals surface area (Å²) in [5.41, 5.74) is 0.571. The number of fused-ring (bicyclic) bond motifs is 1. The maximum absolute atomic E-state index is 10.9. The quantitative estimate of drug-likeness (QED) is 0.799. The minimum absolute atomic E-state index is 0.0149. The lowest BCUT2D eigenvalue weighted by Crippen LogP contribution is -2.02. The number of hydrogen-bond acceptors (Lipinski definition) is 4. The summed E-state index contributed by atoms with van der Waals surface area (Å²) < 4.78 is 5.01. The van der Waals surface area contributed by atoms with Crippen LogP contribution in [0.15, 0.2) is 24.5 Å². The molecule has 1 aromatic heterocycles. The molecule has 5 nitrogen and oxygen atoms in total. The molecule has 15 heavy (non-hydrogen) atoms. The number of nitrogens with zero attached hydrogens (tertiary/aromatic N) is 2. The number of aromatic nitrogens is 2. The van der Waals surface area contributed by atoms with Gasteiger partial charge in [-0.3, -0.25) is 0 Å². The summed E-state index contributed by atoms with van der Waals surface area (Å²) in [4.78, 5) is 18.6. The maximum atomic E-state index is 10.9. The molecule has 0 saturated heterocycles. The molecule has 2 rings (SSSR count). The van der Waals surface area contributed by atoms with E-state index in [1.807, 2.05) is 0 Å². The lowest BCUT2D eigenvalue weighted by atomic mass is 10.2. The van der Waals surface area contributed by atoms with E-state index in [0.717, 1.165) is 0 Å². The number of carbonyl (C=O) groups is 1. The van der Waals surface area contributed by atoms with Gasteiger partial charge in [0.25, 0.3) is 0 Å². The van der Waals surface area contributed by atoms with Gasteiger partial charge in [0.1, 0.15) is 12.1 Å². The average molecular weight is 204 g/mol. The zero-order chi connectivity index (χ0) is 10.8. The van der Waals surface area contributed by atoms with Crippen LogP contribution in [0.5, 0.6) is 5.75 Å². The second-order valence-corrected chi connectivity index (χ2v) is 2.91. The van der Waals surface area contributed by atoms with E-state index in [0.29, 0.717) is 16.7 Å². The Balaban J connectivity index is 2.76. The Bertz CT molecular complexity index is 525. The number of ether oxygens (including phenoxy) is 1. The molecule has 1 heterocycles. The van der Waals surface area contributed by atoms with E-state index < -0.39 is 5.97 Å². The second kappa shape index (κ2) is 3.53. The van der Waals surface area contributed by atoms with Gasteiger partial charge in [-0.2, -0.15) is 0 Å². The fourth-order valence-corrected chi connectivity index (χ4v) is 1.33. The van der Waals surface area contributed by atoms with Crippen molar-refractivity contribution in [3.05, 3.63) is 30.2 Å². The number of aromatic carboxylic acids is 1. The van der Waals surface area contributed by atoms with Crippen molar-refractivity contribution in [2.45, 2.75) is 0 Å². The van der Waals surface area contributed by atoms with E-state index in [-0.39, 0.29) is 5.69 Å². The van der Waals surface area contributed by atoms with Gasteiger partial charge in [-0.25, -0.2) is 14.8 Å². The molecular formula is C10H8N2O3. The highest BCUT2D eigenvalue weighted by molar-refractivity contribution is 6.00. The van der Waals surface area contributed by atoms with Crippen molar-refractivity contribution >= 4 is 16.9 Å². The molecule has 0 atom stereocenters. The third-order valence-corrected chi connectivity index (χ3v) is 2.05. The fourth-order valence-electron chi connectivity index (χ4n) is 1.33. The van der Waals surface area contributed by atoms with E-state index in [1.54, 1.807) is 18.2 Å². The Morgan fingerprint density at radius 3 is 2.87 bits per heavy atom. The van der Waals surface area contributed by atoms with Crippen molar-refractivity contribution in [1.29, 1.82) is 0 Å². The molecule has 0 aliphatic heterocycles. The third-order valence-electron chi connectivity index (χ3n) is 2.05. The standard InChI is InChI=1S/C10H8N2O3/c1-15-6-2-3-8-7(4-6)9(10(13)14)12-5-11-8/h2-5H,1H3,(H,13,14). The lowest BCUT2D eigenvalue weighted by Gasteiger charge is -2.03. The first-order chi connectivity index (χ1) is 7.22. The monoisotopic (exact) mass is 204 g/mol. The molecule has 0 spiro atoms. The van der Waals surface area contributed by atoms with Crippen molar-refractivity contribution in [2.24, 2.45) is 0 Å². The van der Waals surface area contributed by atoms with E-state index in [9.17, 15) is 4.79 Å². The van der Waals surface area contributed by atoms with Crippen LogP contribution in [0.4, 0.5) is 0 Å². The highest BCUT2D eigenvalue weighted by Gasteiger charge is 2.10. The second-order valence-electron chi connectivity index (χ2n) is 2.91. The van der Waals surface area contributed by atoms with Crippen LogP contribution < -0.4 is 4.74 Å². The average Bonchev–Trinajstić information content (AvgIpc) is 2.27. The Morgan fingerprint density at radius 2 is 2.20 bits per heavy atom. The molecule has 0 saturated carbocycles. The highest BCUT2D eigenvalue weighted by Crippen LogP contribution is 2.20. The van der Waals surface area contributed by atoms with Crippen LogP contribution in [0.3, 0.4) is 0 Å². The largest absolute Gasteiger partial charge is 0.497 e. The van der Waals surface area contributed by atoms with Gasteiger partial charge in [-0.15, -0.1) is 0 Å². The van der Waals surface area contributed by atoms with Crippen molar-refractivity contribution in [2.75, 3.05) is 7.11 Å². The van der Waals surface area contributed by atoms with Crippen LogP contribution in [-0.4, -0.2) is 28.2 Å². The normalized spacial score (nSPS) is 10.2. The Kier molecular flexibility index (Phi) is 2.21. The molecule has 0 aliphatic rings. The first-order valence-electron chi connectivity index (χ1n) is 4.24. The van der Waals surface area contributed by atoms with Gasteiger partial charge in [0, 0.05) is 5.39 Å². The highest BCUT2D eigenvalue weighted by atomic mass is 16.5. The first-order valence-corrected chi connectivity index (χ1v) is 4.24. The Labute approximate surface area is 85.4 Å². The SMILES string of the molecule is COc1ccc2ncnc(C(=O)O)c2c1. The summed E-state index contributed by atoms with van der Waals surface area (Å²) in [6, 6.07) is 5.03. The predicted octanol–water partition coefficient (Wildman–Crippen LogP) is 1.34. The summed E-state index contributed by atoms with van der Waals surface area (Å²) in [5.74, 6) is -0.490. The van der Waals surface area contributed by atoms with Crippen LogP contribution in [-0.2, 0) is 0 Å². The maximum Gasteiger partial charge on any atom is 0.355 e. The van der Waals surface area contributed by atoms with Crippen molar-refractivity contribution < 1.29 is 14.6 Å². The van der Waals surface area contributed by atoms with Gasteiger partial charge in [0.15, 0.2) is 5.69 Å². The molecule has 0 radical (unpaired) electrons. The number of hydrogen-bond donors (Lipinski definition) is 1. The van der Waals surface area contributed by atoms with Crippen molar-refractivity contribution in [3.63, 3.8) is 0 Å². The van der Waals surface area contributed by atoms with Crippen LogP contribution in [0, 0.1) is 0 Å². The number of benzene rings is 1. The van der Waals surface area contributed by atoms with Gasteiger partial charge in [0.05, 0.1) is 12.6 Å². The molecule has 1 N–H and O–H groups in total. The van der Waals surface area contributed by atoms with Crippen molar-refractivity contribution in [1.82, 2.24) is 9.97 Å². The van der Waals surface area contributed by atoms with E-state index >= 15 is 0 Å². The topological polar surface area (TPSA) is 72.3 Å². The van der Waals surface area contributed by atoms with Gasteiger partial charge in [-0.05, 0) is 18.2 Å². The van der Waals surface area contributed by atoms with Gasteiger partial charge < -0.3 is 9.84 Å². The smallest absolute Gasteiger partial charge is 0.355 e. The molecule has 0 fully saturated rings. The van der Waals surface area contributed by atoms with Gasteiger partial charge >= 0.3 is 5.97 Å². The molecule has 0 unspecified atom stereocenters. The summed E-state index contributed by atoms with van der Waals surface area (Å²) >= 11 is 0. The minimum atomic E-state index is -1.07. The Hall–Kier alpha value is -2.17. The molecule has 2 aromatic rings. The van der Waals surface area contributed by atoms with Crippen LogP contribution >= 0.6 is 0 Å². The number of methoxy groups -OCH3 is 1. The number of carboxylic acid groups (broad SMARTS) is 1. The summed E-state index contributed by atoms with van der Waals surface area (Å²) in [7, 11) is 1.52. The zero-order valence-electron chi connectivity index (χ0n) is 7.97.